The second kappa shape index (κ2) is 4.94. The van der Waals surface area contributed by atoms with Crippen LogP contribution in [0, 0.1) is 0 Å². The highest BCUT2D eigenvalue weighted by Gasteiger charge is 2.32. The number of likely N-dealkylation sites (N-methyl/N-ethyl adjacent to an activating group) is 1. The zero-order valence-corrected chi connectivity index (χ0v) is 9.45. The molecule has 2 rings (SSSR count). The van der Waals surface area contributed by atoms with Gasteiger partial charge < -0.3 is 9.64 Å². The maximum atomic E-state index is 12.2. The second-order valence-corrected chi connectivity index (χ2v) is 4.22. The predicted molar refractivity (Wildman–Crippen MR) is 57.7 cm³/mol. The molecule has 0 aromatic rings. The van der Waals surface area contributed by atoms with Gasteiger partial charge in [-0.05, 0) is 25.9 Å². The maximum Gasteiger partial charge on any atom is 0.240 e. The first kappa shape index (κ1) is 10.9. The number of likely N-dealkylation sites (tertiary alicyclic amines) is 1. The average Bonchev–Trinajstić information content (AvgIpc) is 2.77. The molecule has 0 spiro atoms. The molecule has 4 heteroatoms. The van der Waals surface area contributed by atoms with Gasteiger partial charge in [0, 0.05) is 13.1 Å². The third kappa shape index (κ3) is 2.32. The molecule has 2 aliphatic rings. The fourth-order valence-electron chi connectivity index (χ4n) is 2.48. The van der Waals surface area contributed by atoms with E-state index in [9.17, 15) is 4.79 Å². The SMILES string of the molecule is CCN1CCCC1C(=O)N1CCOCC1. The van der Waals surface area contributed by atoms with Crippen LogP contribution in [0.3, 0.4) is 0 Å². The van der Waals surface area contributed by atoms with Crippen molar-refractivity contribution >= 4 is 5.91 Å². The molecule has 2 saturated heterocycles. The van der Waals surface area contributed by atoms with Gasteiger partial charge in [0.15, 0.2) is 0 Å². The Labute approximate surface area is 91.2 Å². The van der Waals surface area contributed by atoms with Crippen molar-refractivity contribution in [2.45, 2.75) is 25.8 Å². The van der Waals surface area contributed by atoms with Gasteiger partial charge in [-0.25, -0.2) is 0 Å². The summed E-state index contributed by atoms with van der Waals surface area (Å²) in [6.07, 6.45) is 2.19. The maximum absolute atomic E-state index is 12.2. The standard InChI is InChI=1S/C11H20N2O2/c1-2-12-5-3-4-10(12)11(14)13-6-8-15-9-7-13/h10H,2-9H2,1H3. The third-order valence-electron chi connectivity index (χ3n) is 3.38. The van der Waals surface area contributed by atoms with E-state index in [-0.39, 0.29) is 6.04 Å². The number of ether oxygens (including phenoxy) is 1. The van der Waals surface area contributed by atoms with Crippen LogP contribution in [0.2, 0.25) is 0 Å². The number of hydrogen-bond acceptors (Lipinski definition) is 3. The minimum Gasteiger partial charge on any atom is -0.378 e. The summed E-state index contributed by atoms with van der Waals surface area (Å²) in [7, 11) is 0. The van der Waals surface area contributed by atoms with Crippen LogP contribution in [0.5, 0.6) is 0 Å². The van der Waals surface area contributed by atoms with Crippen molar-refractivity contribution in [1.29, 1.82) is 0 Å². The highest BCUT2D eigenvalue weighted by molar-refractivity contribution is 5.82. The van der Waals surface area contributed by atoms with Gasteiger partial charge >= 0.3 is 0 Å². The Morgan fingerprint density at radius 3 is 2.73 bits per heavy atom. The number of carbonyl (C=O) groups excluding carboxylic acids is 1. The molecule has 2 aliphatic heterocycles. The normalized spacial score (nSPS) is 28.3. The molecule has 0 aromatic heterocycles. The van der Waals surface area contributed by atoms with Crippen molar-refractivity contribution in [2.24, 2.45) is 0 Å². The molecule has 0 bridgehead atoms. The van der Waals surface area contributed by atoms with E-state index in [1.165, 1.54) is 0 Å². The fourth-order valence-corrected chi connectivity index (χ4v) is 2.48. The number of hydrogen-bond donors (Lipinski definition) is 0. The van der Waals surface area contributed by atoms with Gasteiger partial charge in [0.05, 0.1) is 19.3 Å². The van der Waals surface area contributed by atoms with Crippen molar-refractivity contribution in [1.82, 2.24) is 9.80 Å². The van der Waals surface area contributed by atoms with E-state index in [1.54, 1.807) is 0 Å². The third-order valence-corrected chi connectivity index (χ3v) is 3.38. The summed E-state index contributed by atoms with van der Waals surface area (Å²) in [6, 6.07) is 0.146. The predicted octanol–water partition coefficient (Wildman–Crippen LogP) is 0.329. The molecule has 86 valence electrons. The van der Waals surface area contributed by atoms with Gasteiger partial charge in [-0.1, -0.05) is 6.92 Å². The lowest BCUT2D eigenvalue weighted by Crippen LogP contribution is -2.49. The Morgan fingerprint density at radius 1 is 1.33 bits per heavy atom. The molecule has 1 unspecified atom stereocenters. The van der Waals surface area contributed by atoms with E-state index in [2.05, 4.69) is 11.8 Å². The van der Waals surface area contributed by atoms with E-state index < -0.39 is 0 Å². The van der Waals surface area contributed by atoms with Gasteiger partial charge in [0.25, 0.3) is 0 Å². The second-order valence-electron chi connectivity index (χ2n) is 4.22. The van der Waals surface area contributed by atoms with Crippen LogP contribution in [0.4, 0.5) is 0 Å². The quantitative estimate of drug-likeness (QED) is 0.661. The smallest absolute Gasteiger partial charge is 0.240 e. The van der Waals surface area contributed by atoms with Crippen molar-refractivity contribution in [3.8, 4) is 0 Å². The first-order valence-corrected chi connectivity index (χ1v) is 5.93. The number of amides is 1. The molecule has 0 saturated carbocycles. The van der Waals surface area contributed by atoms with E-state index in [0.29, 0.717) is 19.1 Å². The molecule has 1 amide bonds. The molecule has 4 nitrogen and oxygen atoms in total. The molecule has 15 heavy (non-hydrogen) atoms. The van der Waals surface area contributed by atoms with E-state index >= 15 is 0 Å². The number of rotatable bonds is 2. The summed E-state index contributed by atoms with van der Waals surface area (Å²) in [5.41, 5.74) is 0. The zero-order valence-electron chi connectivity index (χ0n) is 9.45. The van der Waals surface area contributed by atoms with Gasteiger partial charge in [-0.15, -0.1) is 0 Å². The Balaban J connectivity index is 1.93. The fraction of sp³-hybridized carbons (Fsp3) is 0.909. The monoisotopic (exact) mass is 212 g/mol. The largest absolute Gasteiger partial charge is 0.378 e. The highest BCUT2D eigenvalue weighted by atomic mass is 16.5. The average molecular weight is 212 g/mol. The topological polar surface area (TPSA) is 32.8 Å². The lowest BCUT2D eigenvalue weighted by molar-refractivity contribution is -0.140. The van der Waals surface area contributed by atoms with Crippen molar-refractivity contribution < 1.29 is 9.53 Å². The van der Waals surface area contributed by atoms with Gasteiger partial charge in [0.1, 0.15) is 0 Å². The van der Waals surface area contributed by atoms with Crippen molar-refractivity contribution in [3.63, 3.8) is 0 Å². The van der Waals surface area contributed by atoms with Crippen LogP contribution in [0.25, 0.3) is 0 Å². The zero-order chi connectivity index (χ0) is 10.7. The number of carbonyl (C=O) groups is 1. The van der Waals surface area contributed by atoms with E-state index in [4.69, 9.17) is 4.74 Å². The van der Waals surface area contributed by atoms with Crippen LogP contribution in [0.1, 0.15) is 19.8 Å². The molecule has 0 aromatic carbocycles. The Morgan fingerprint density at radius 2 is 2.07 bits per heavy atom. The number of morpholine rings is 1. The first-order valence-electron chi connectivity index (χ1n) is 5.93. The Hall–Kier alpha value is -0.610. The first-order chi connectivity index (χ1) is 7.33. The molecule has 2 fully saturated rings. The summed E-state index contributed by atoms with van der Waals surface area (Å²) in [4.78, 5) is 16.4. The molecular weight excluding hydrogens is 192 g/mol. The van der Waals surface area contributed by atoms with E-state index in [1.807, 2.05) is 4.90 Å². The minimum absolute atomic E-state index is 0.146. The minimum atomic E-state index is 0.146. The van der Waals surface area contributed by atoms with Crippen LogP contribution in [-0.2, 0) is 9.53 Å². The summed E-state index contributed by atoms with van der Waals surface area (Å²) in [6.45, 7) is 7.14. The molecule has 0 aliphatic carbocycles. The van der Waals surface area contributed by atoms with Crippen molar-refractivity contribution in [3.05, 3.63) is 0 Å². The summed E-state index contributed by atoms with van der Waals surface area (Å²) >= 11 is 0. The Kier molecular flexibility index (Phi) is 3.59. The van der Waals surface area contributed by atoms with Gasteiger partial charge in [-0.3, -0.25) is 9.69 Å². The summed E-state index contributed by atoms with van der Waals surface area (Å²) < 4.78 is 5.26. The van der Waals surface area contributed by atoms with Crippen LogP contribution in [-0.4, -0.2) is 61.1 Å². The lowest BCUT2D eigenvalue weighted by atomic mass is 10.2. The molecule has 0 radical (unpaired) electrons. The summed E-state index contributed by atoms with van der Waals surface area (Å²) in [5, 5.41) is 0. The van der Waals surface area contributed by atoms with Gasteiger partial charge in [0.2, 0.25) is 5.91 Å². The number of nitrogens with zero attached hydrogens (tertiary/aromatic N) is 2. The van der Waals surface area contributed by atoms with Crippen LogP contribution in [0.15, 0.2) is 0 Å². The van der Waals surface area contributed by atoms with Crippen LogP contribution >= 0.6 is 0 Å². The Bertz CT molecular complexity index is 227. The lowest BCUT2D eigenvalue weighted by Gasteiger charge is -2.32. The molecule has 1 atom stereocenters. The van der Waals surface area contributed by atoms with Gasteiger partial charge in [-0.2, -0.15) is 0 Å². The van der Waals surface area contributed by atoms with Crippen LogP contribution < -0.4 is 0 Å². The van der Waals surface area contributed by atoms with Crippen molar-refractivity contribution in [2.75, 3.05) is 39.4 Å². The molecular formula is C11H20N2O2. The highest BCUT2D eigenvalue weighted by Crippen LogP contribution is 2.19. The molecule has 2 heterocycles. The molecule has 0 N–H and O–H groups in total. The summed E-state index contributed by atoms with van der Waals surface area (Å²) in [5.74, 6) is 0.317. The van der Waals surface area contributed by atoms with E-state index in [0.717, 1.165) is 39.0 Å².